The molecule has 5 heteroatoms. The van der Waals surface area contributed by atoms with Crippen LogP contribution in [0.5, 0.6) is 11.5 Å². The number of aryl methyl sites for hydroxylation is 1. The van der Waals surface area contributed by atoms with Crippen molar-refractivity contribution in [2.75, 3.05) is 0 Å². The molecule has 0 aromatic heterocycles. The number of benzene rings is 2. The van der Waals surface area contributed by atoms with E-state index in [1.165, 1.54) is 0 Å². The number of ketones is 1. The van der Waals surface area contributed by atoms with E-state index in [1.54, 1.807) is 32.1 Å². The van der Waals surface area contributed by atoms with Crippen LogP contribution in [0, 0.1) is 11.6 Å². The van der Waals surface area contributed by atoms with Crippen LogP contribution >= 0.6 is 0 Å². The van der Waals surface area contributed by atoms with Crippen molar-refractivity contribution in [3.05, 3.63) is 65.2 Å². The maximum atomic E-state index is 13.9. The van der Waals surface area contributed by atoms with E-state index in [1.807, 2.05) is 19.9 Å². The smallest absolute Gasteiger partial charge is 0.194 e. The molecule has 1 atom stereocenters. The molecule has 1 heterocycles. The van der Waals surface area contributed by atoms with Crippen molar-refractivity contribution in [1.29, 1.82) is 0 Å². The fraction of sp³-hybridized carbons (Fsp3) is 0.318. The van der Waals surface area contributed by atoms with E-state index in [0.29, 0.717) is 17.7 Å². The SMILES string of the molecule is CCc1ccc(Oc2cc(F)ccc2F)cc1C1=CC(C)OC(C)(C)C1=O. The molecule has 2 aromatic rings. The lowest BCUT2D eigenvalue weighted by Crippen LogP contribution is -2.41. The Kier molecular flexibility index (Phi) is 5.16. The molecule has 0 N–H and O–H groups in total. The highest BCUT2D eigenvalue weighted by Gasteiger charge is 2.37. The fourth-order valence-electron chi connectivity index (χ4n) is 3.26. The van der Waals surface area contributed by atoms with Gasteiger partial charge in [-0.05, 0) is 68.7 Å². The van der Waals surface area contributed by atoms with E-state index in [9.17, 15) is 13.6 Å². The molecule has 3 nitrogen and oxygen atoms in total. The maximum absolute atomic E-state index is 13.9. The summed E-state index contributed by atoms with van der Waals surface area (Å²) in [6, 6.07) is 8.26. The first kappa shape index (κ1) is 19.2. The Hall–Kier alpha value is -2.53. The Balaban J connectivity index is 2.04. The average Bonchev–Trinajstić information content (AvgIpc) is 2.61. The van der Waals surface area contributed by atoms with Gasteiger partial charge >= 0.3 is 0 Å². The van der Waals surface area contributed by atoms with Gasteiger partial charge in [-0.3, -0.25) is 4.79 Å². The van der Waals surface area contributed by atoms with Gasteiger partial charge in [-0.25, -0.2) is 8.78 Å². The van der Waals surface area contributed by atoms with Gasteiger partial charge in [-0.1, -0.05) is 13.0 Å². The van der Waals surface area contributed by atoms with Crippen LogP contribution in [0.3, 0.4) is 0 Å². The number of Topliss-reactive ketones (excluding diaryl/α,β-unsaturated/α-hetero) is 1. The number of rotatable bonds is 4. The number of halogens is 2. The molecule has 0 radical (unpaired) electrons. The van der Waals surface area contributed by atoms with Gasteiger partial charge in [0.25, 0.3) is 0 Å². The monoisotopic (exact) mass is 372 g/mol. The minimum atomic E-state index is -0.931. The second-order valence-corrected chi connectivity index (χ2v) is 7.09. The van der Waals surface area contributed by atoms with Crippen LogP contribution in [0.1, 0.15) is 38.8 Å². The van der Waals surface area contributed by atoms with Gasteiger partial charge in [-0.2, -0.15) is 0 Å². The summed E-state index contributed by atoms with van der Waals surface area (Å²) in [5, 5.41) is 0. The molecule has 0 saturated heterocycles. The van der Waals surface area contributed by atoms with Crippen LogP contribution in [0.25, 0.3) is 5.57 Å². The molecule has 0 saturated carbocycles. The van der Waals surface area contributed by atoms with Crippen molar-refractivity contribution in [3.8, 4) is 11.5 Å². The second kappa shape index (κ2) is 7.24. The molecule has 0 fully saturated rings. The third kappa shape index (κ3) is 3.93. The van der Waals surface area contributed by atoms with E-state index < -0.39 is 17.2 Å². The normalized spacial score (nSPS) is 19.0. The summed E-state index contributed by atoms with van der Waals surface area (Å²) in [6.45, 7) is 7.35. The Bertz CT molecular complexity index is 916. The third-order valence-corrected chi connectivity index (χ3v) is 4.55. The first-order valence-corrected chi connectivity index (χ1v) is 8.92. The quantitative estimate of drug-likeness (QED) is 0.714. The van der Waals surface area contributed by atoms with Gasteiger partial charge in [0.05, 0.1) is 6.10 Å². The number of hydrogen-bond acceptors (Lipinski definition) is 3. The van der Waals surface area contributed by atoms with E-state index in [2.05, 4.69) is 0 Å². The molecular weight excluding hydrogens is 350 g/mol. The molecule has 0 amide bonds. The molecule has 1 aliphatic rings. The fourth-order valence-corrected chi connectivity index (χ4v) is 3.26. The van der Waals surface area contributed by atoms with Crippen LogP contribution in [0.15, 0.2) is 42.5 Å². The molecule has 0 spiro atoms. The zero-order valence-corrected chi connectivity index (χ0v) is 15.8. The molecule has 1 aliphatic heterocycles. The lowest BCUT2D eigenvalue weighted by atomic mass is 9.85. The lowest BCUT2D eigenvalue weighted by Gasteiger charge is -2.33. The van der Waals surface area contributed by atoms with Crippen molar-refractivity contribution in [3.63, 3.8) is 0 Å². The lowest BCUT2D eigenvalue weighted by molar-refractivity contribution is -0.139. The molecule has 0 bridgehead atoms. The third-order valence-electron chi connectivity index (χ3n) is 4.55. The van der Waals surface area contributed by atoms with Gasteiger partial charge in [0, 0.05) is 11.6 Å². The van der Waals surface area contributed by atoms with E-state index in [0.717, 1.165) is 29.3 Å². The van der Waals surface area contributed by atoms with Crippen LogP contribution in [0.4, 0.5) is 8.78 Å². The number of ether oxygens (including phenoxy) is 2. The predicted octanol–water partition coefficient (Wildman–Crippen LogP) is 5.47. The first-order chi connectivity index (χ1) is 12.7. The Morgan fingerprint density at radius 3 is 2.59 bits per heavy atom. The summed E-state index contributed by atoms with van der Waals surface area (Å²) in [4.78, 5) is 12.9. The summed E-state index contributed by atoms with van der Waals surface area (Å²) in [5.41, 5.74) is 1.31. The second-order valence-electron chi connectivity index (χ2n) is 7.09. The van der Waals surface area contributed by atoms with Crippen LogP contribution in [0.2, 0.25) is 0 Å². The average molecular weight is 372 g/mol. The van der Waals surface area contributed by atoms with Crippen molar-refractivity contribution < 1.29 is 23.0 Å². The van der Waals surface area contributed by atoms with E-state index >= 15 is 0 Å². The van der Waals surface area contributed by atoms with Gasteiger partial charge in [0.1, 0.15) is 17.2 Å². The highest BCUT2D eigenvalue weighted by molar-refractivity contribution is 6.25. The molecule has 3 rings (SSSR count). The van der Waals surface area contributed by atoms with Crippen molar-refractivity contribution in [2.45, 2.75) is 45.8 Å². The molecule has 2 aromatic carbocycles. The first-order valence-electron chi connectivity index (χ1n) is 8.92. The van der Waals surface area contributed by atoms with Gasteiger partial charge in [0.15, 0.2) is 17.3 Å². The zero-order chi connectivity index (χ0) is 19.8. The highest BCUT2D eigenvalue weighted by Crippen LogP contribution is 2.35. The number of carbonyl (C=O) groups is 1. The Labute approximate surface area is 157 Å². The van der Waals surface area contributed by atoms with Gasteiger partial charge < -0.3 is 9.47 Å². The highest BCUT2D eigenvalue weighted by atomic mass is 19.1. The largest absolute Gasteiger partial charge is 0.454 e. The molecule has 142 valence electrons. The standard InChI is InChI=1S/C22H22F2O3/c1-5-14-6-8-16(26-20-11-15(23)7-9-19(20)24)12-17(14)18-10-13(2)27-22(3,4)21(18)25/h6-13H,5H2,1-4H3. The van der Waals surface area contributed by atoms with Crippen LogP contribution < -0.4 is 4.74 Å². The Morgan fingerprint density at radius 1 is 1.15 bits per heavy atom. The summed E-state index contributed by atoms with van der Waals surface area (Å²) in [5.74, 6) is -1.24. The van der Waals surface area contributed by atoms with Crippen molar-refractivity contribution in [1.82, 2.24) is 0 Å². The molecular formula is C22H22F2O3. The number of carbonyl (C=O) groups excluding carboxylic acids is 1. The van der Waals surface area contributed by atoms with Crippen LogP contribution in [-0.4, -0.2) is 17.5 Å². The number of hydrogen-bond donors (Lipinski definition) is 0. The van der Waals surface area contributed by atoms with E-state index in [4.69, 9.17) is 9.47 Å². The zero-order valence-electron chi connectivity index (χ0n) is 15.8. The molecule has 0 aliphatic carbocycles. The minimum Gasteiger partial charge on any atom is -0.454 e. The summed E-state index contributed by atoms with van der Waals surface area (Å²) < 4.78 is 38.6. The van der Waals surface area contributed by atoms with E-state index in [-0.39, 0.29) is 17.6 Å². The van der Waals surface area contributed by atoms with Gasteiger partial charge in [0.2, 0.25) is 0 Å². The molecule has 1 unspecified atom stereocenters. The van der Waals surface area contributed by atoms with Crippen LogP contribution in [-0.2, 0) is 16.0 Å². The molecule has 27 heavy (non-hydrogen) atoms. The Morgan fingerprint density at radius 2 is 1.89 bits per heavy atom. The maximum Gasteiger partial charge on any atom is 0.194 e. The topological polar surface area (TPSA) is 35.5 Å². The summed E-state index contributed by atoms with van der Waals surface area (Å²) in [6.07, 6.45) is 2.28. The van der Waals surface area contributed by atoms with Gasteiger partial charge in [-0.15, -0.1) is 0 Å². The predicted molar refractivity (Wildman–Crippen MR) is 99.9 cm³/mol. The van der Waals surface area contributed by atoms with Crippen molar-refractivity contribution in [2.24, 2.45) is 0 Å². The summed E-state index contributed by atoms with van der Waals surface area (Å²) >= 11 is 0. The minimum absolute atomic E-state index is 0.121. The van der Waals surface area contributed by atoms with Crippen molar-refractivity contribution >= 4 is 11.4 Å². The summed E-state index contributed by atoms with van der Waals surface area (Å²) in [7, 11) is 0.